The molecule has 0 aliphatic carbocycles. The number of nitrogens with two attached hydrogens (primary N) is 1. The molecule has 16 nitrogen and oxygen atoms in total. The fourth-order valence-corrected chi connectivity index (χ4v) is 10.3. The number of nitrogens with one attached hydrogen (secondary N) is 1. The van der Waals surface area contributed by atoms with Crippen molar-refractivity contribution in [2.24, 2.45) is 17.8 Å². The predicted molar refractivity (Wildman–Crippen MR) is 246 cm³/mol. The van der Waals surface area contributed by atoms with Crippen molar-refractivity contribution in [3.05, 3.63) is 66.4 Å². The number of aliphatic hydroxyl groups is 1. The maximum absolute atomic E-state index is 14.6. The Morgan fingerprint density at radius 3 is 2.42 bits per heavy atom. The molecule has 4 heterocycles. The number of rotatable bonds is 13. The summed E-state index contributed by atoms with van der Waals surface area (Å²) in [4.78, 5) is 46.9. The molecule has 2 aromatic carbocycles. The summed E-state index contributed by atoms with van der Waals surface area (Å²) in [7, 11) is 5.41. The number of ketones is 1. The Morgan fingerprint density at radius 2 is 1.74 bits per heavy atom. The largest absolute Gasteiger partial charge is 0.458 e. The zero-order valence-corrected chi connectivity index (χ0v) is 40.0. The number of cyclic esters (lactones) is 1. The van der Waals surface area contributed by atoms with E-state index in [4.69, 9.17) is 29.4 Å². The molecule has 3 aliphatic heterocycles. The van der Waals surface area contributed by atoms with Crippen molar-refractivity contribution in [2.75, 3.05) is 40.0 Å². The van der Waals surface area contributed by atoms with E-state index in [0.717, 1.165) is 16.8 Å². The Bertz CT molecular complexity index is 2050. The molecule has 0 bridgehead atoms. The number of nitrogen functional groups attached to an aromatic ring is 1. The highest BCUT2D eigenvalue weighted by Gasteiger charge is 2.59. The van der Waals surface area contributed by atoms with Gasteiger partial charge < -0.3 is 44.7 Å². The van der Waals surface area contributed by atoms with Gasteiger partial charge in [0.15, 0.2) is 17.7 Å². The van der Waals surface area contributed by atoms with E-state index in [1.807, 2.05) is 95.4 Å². The Hall–Kier alpha value is -4.45. The van der Waals surface area contributed by atoms with E-state index in [1.54, 1.807) is 30.5 Å². The second-order valence-electron chi connectivity index (χ2n) is 19.3. The first kappa shape index (κ1) is 50.0. The summed E-state index contributed by atoms with van der Waals surface area (Å²) in [6, 6.07) is 16.4. The van der Waals surface area contributed by atoms with Crippen LogP contribution in [-0.2, 0) is 46.2 Å². The first-order valence-corrected chi connectivity index (χ1v) is 23.4. The van der Waals surface area contributed by atoms with Crippen LogP contribution in [0.2, 0.25) is 0 Å². The number of Topliss-reactive ketones (excluding diaryl/α,β-unsaturated/α-hetero) is 1. The molecular formula is C49H73N7O9. The summed E-state index contributed by atoms with van der Waals surface area (Å²) >= 11 is 0. The normalized spacial score (nSPS) is 34.1. The van der Waals surface area contributed by atoms with E-state index in [0.29, 0.717) is 63.8 Å². The fourth-order valence-electron chi connectivity index (χ4n) is 10.3. The lowest BCUT2D eigenvalue weighted by Gasteiger charge is -2.46. The molecule has 65 heavy (non-hydrogen) atoms. The van der Waals surface area contributed by atoms with Crippen molar-refractivity contribution in [1.82, 2.24) is 30.1 Å². The van der Waals surface area contributed by atoms with Crippen molar-refractivity contribution in [1.29, 1.82) is 0 Å². The molecule has 13 atom stereocenters. The van der Waals surface area contributed by atoms with Crippen LogP contribution in [0.1, 0.15) is 86.1 Å². The van der Waals surface area contributed by atoms with Gasteiger partial charge in [-0.2, -0.15) is 0 Å². The molecule has 3 aliphatic rings. The number of ether oxygens (including phenoxy) is 5. The van der Waals surface area contributed by atoms with Crippen molar-refractivity contribution in [3.8, 4) is 11.3 Å². The lowest BCUT2D eigenvalue weighted by molar-refractivity contribution is -0.295. The van der Waals surface area contributed by atoms with Gasteiger partial charge in [0.1, 0.15) is 23.8 Å². The molecule has 358 valence electrons. The number of methoxy groups -OCH3 is 1. The molecule has 1 unspecified atom stereocenters. The molecule has 3 saturated heterocycles. The molecular weight excluding hydrogens is 831 g/mol. The number of esters is 1. The number of carbonyl (C=O) groups is 3. The summed E-state index contributed by atoms with van der Waals surface area (Å²) in [6.45, 7) is 14.4. The van der Waals surface area contributed by atoms with Crippen LogP contribution in [0.3, 0.4) is 0 Å². The smallest absolute Gasteiger partial charge is 0.410 e. The topological polar surface area (TPSA) is 193 Å². The fraction of sp³-hybridized carbons (Fsp3) is 0.653. The molecule has 4 N–H and O–H groups in total. The third kappa shape index (κ3) is 11.4. The zero-order chi connectivity index (χ0) is 47.2. The van der Waals surface area contributed by atoms with Gasteiger partial charge in [-0.15, -0.1) is 5.10 Å². The number of likely N-dealkylation sites (N-methyl/N-ethyl adjacent to an activating group) is 1. The summed E-state index contributed by atoms with van der Waals surface area (Å²) in [5, 5.41) is 24.1. The van der Waals surface area contributed by atoms with Gasteiger partial charge in [-0.3, -0.25) is 19.2 Å². The number of aliphatic hydroxyl groups excluding tert-OH is 1. The van der Waals surface area contributed by atoms with Gasteiger partial charge in [0, 0.05) is 49.5 Å². The van der Waals surface area contributed by atoms with E-state index in [9.17, 15) is 19.5 Å². The Balaban J connectivity index is 1.31. The number of anilines is 1. The third-order valence-electron chi connectivity index (χ3n) is 14.0. The molecule has 0 radical (unpaired) electrons. The van der Waals surface area contributed by atoms with E-state index < -0.39 is 71.5 Å². The van der Waals surface area contributed by atoms with Gasteiger partial charge in [0.05, 0.1) is 30.0 Å². The van der Waals surface area contributed by atoms with Gasteiger partial charge in [-0.05, 0) is 110 Å². The highest BCUT2D eigenvalue weighted by Crippen LogP contribution is 2.41. The van der Waals surface area contributed by atoms with E-state index in [1.165, 1.54) is 0 Å². The maximum atomic E-state index is 14.6. The molecule has 0 saturated carbocycles. The predicted octanol–water partition coefficient (Wildman–Crippen LogP) is 5.51. The highest BCUT2D eigenvalue weighted by molar-refractivity contribution is 6.00. The van der Waals surface area contributed by atoms with Crippen LogP contribution in [0, 0.1) is 17.8 Å². The lowest BCUT2D eigenvalue weighted by Crippen LogP contribution is -2.62. The lowest BCUT2D eigenvalue weighted by atomic mass is 9.78. The molecule has 3 aromatic rings. The summed E-state index contributed by atoms with van der Waals surface area (Å²) in [5.74, 6) is -3.27. The van der Waals surface area contributed by atoms with Gasteiger partial charge in [-0.25, -0.2) is 4.79 Å². The number of aromatic nitrogens is 3. The number of aryl methyl sites for hydroxylation is 1. The minimum absolute atomic E-state index is 0.0581. The monoisotopic (exact) mass is 904 g/mol. The van der Waals surface area contributed by atoms with Crippen molar-refractivity contribution < 1.29 is 43.2 Å². The Kier molecular flexibility index (Phi) is 16.5. The molecule has 1 amide bonds. The van der Waals surface area contributed by atoms with Crippen LogP contribution < -0.4 is 11.1 Å². The molecule has 16 heteroatoms. The van der Waals surface area contributed by atoms with E-state index in [-0.39, 0.29) is 24.1 Å². The zero-order valence-electron chi connectivity index (χ0n) is 40.0. The number of hydrogen-bond acceptors (Lipinski definition) is 14. The van der Waals surface area contributed by atoms with Crippen LogP contribution in [0.15, 0.2) is 60.8 Å². The standard InChI is InChI=1S/C49H73N7O9/c1-11-40-49(7)43(56(47(60)65-49)23-16-15-22-55-29-38(52-53-55)35-20-17-21-36(50)26-35)37(25-34-18-13-12-14-19-34)51-28-30(2)27-48(6,61-10)44(32(4)41(57)33(5)45(59)63-40)64-46-42(58)39(54(8)9)24-31(3)62-46/h12-14,17-21,26,29-33,37,39-40,42-44,46,51,58H,11,15-16,22-25,27-28,50H2,1-10H3/t30-,31-,32+,33-,37-,39?,40-,42-,43-,44-,46+,48-,49-/m1/s1. The third-order valence-corrected chi connectivity index (χ3v) is 14.0. The maximum Gasteiger partial charge on any atom is 0.410 e. The Morgan fingerprint density at radius 1 is 1.02 bits per heavy atom. The number of carbonyl (C=O) groups excluding carboxylic acids is 3. The summed E-state index contributed by atoms with van der Waals surface area (Å²) in [6.07, 6.45) is 0.521. The highest BCUT2D eigenvalue weighted by atomic mass is 16.7. The van der Waals surface area contributed by atoms with Crippen molar-refractivity contribution in [3.63, 3.8) is 0 Å². The van der Waals surface area contributed by atoms with E-state index >= 15 is 0 Å². The minimum Gasteiger partial charge on any atom is -0.458 e. The van der Waals surface area contributed by atoms with Crippen molar-refractivity contribution >= 4 is 23.5 Å². The number of nitrogens with zero attached hydrogens (tertiary/aromatic N) is 5. The van der Waals surface area contributed by atoms with Crippen LogP contribution >= 0.6 is 0 Å². The van der Waals surface area contributed by atoms with Crippen LogP contribution in [0.4, 0.5) is 10.5 Å². The van der Waals surface area contributed by atoms with Gasteiger partial charge in [-0.1, -0.05) is 68.4 Å². The SMILES string of the molecule is CC[C@H]1OC(=O)[C@H](C)C(=O)[C@H](C)[C@@H](O[C@@H]2O[C@H](C)CC(N(C)C)[C@H]2O)[C@](C)(OC)C[C@@H](C)CN[C@H](Cc2ccccc2)[C@H]2N(CCCCn3cc(-c4cccc(N)c4)nn3)C(=O)O[C@]12C. The van der Waals surface area contributed by atoms with Crippen molar-refractivity contribution in [2.45, 2.75) is 154 Å². The number of fused-ring (bicyclic) bond motifs is 1. The molecule has 1 aromatic heterocycles. The molecule has 0 spiro atoms. The van der Waals surface area contributed by atoms with E-state index in [2.05, 4.69) is 34.7 Å². The summed E-state index contributed by atoms with van der Waals surface area (Å²) < 4.78 is 33.9. The minimum atomic E-state index is -1.30. The van der Waals surface area contributed by atoms with Crippen LogP contribution in [0.5, 0.6) is 0 Å². The second kappa shape index (κ2) is 21.5. The van der Waals surface area contributed by atoms with Gasteiger partial charge in [0.2, 0.25) is 0 Å². The quantitative estimate of drug-likeness (QED) is 0.0842. The number of unbranched alkanes of at least 4 members (excludes halogenated alkanes) is 1. The molecule has 3 fully saturated rings. The second-order valence-corrected chi connectivity index (χ2v) is 19.3. The van der Waals surface area contributed by atoms with Crippen LogP contribution in [0.25, 0.3) is 11.3 Å². The first-order valence-electron chi connectivity index (χ1n) is 23.4. The van der Waals surface area contributed by atoms with Crippen LogP contribution in [-0.4, -0.2) is 142 Å². The molecule has 6 rings (SSSR count). The number of amides is 1. The number of benzene rings is 2. The average molecular weight is 904 g/mol. The average Bonchev–Trinajstić information content (AvgIpc) is 3.86. The van der Waals surface area contributed by atoms with Gasteiger partial charge in [0.25, 0.3) is 0 Å². The number of hydrogen-bond donors (Lipinski definition) is 3. The summed E-state index contributed by atoms with van der Waals surface area (Å²) in [5.41, 5.74) is 6.93. The first-order chi connectivity index (χ1) is 30.9. The van der Waals surface area contributed by atoms with Gasteiger partial charge >= 0.3 is 12.1 Å². The Labute approximate surface area is 384 Å².